The van der Waals surface area contributed by atoms with Crippen LogP contribution in [0.2, 0.25) is 0 Å². The number of para-hydroxylation sites is 1. The second-order valence-corrected chi connectivity index (χ2v) is 7.39. The summed E-state index contributed by atoms with van der Waals surface area (Å²) in [5.41, 5.74) is 1.99. The zero-order chi connectivity index (χ0) is 15.9. The van der Waals surface area contributed by atoms with Gasteiger partial charge in [0, 0.05) is 11.3 Å². The van der Waals surface area contributed by atoms with Crippen LogP contribution in [0.5, 0.6) is 0 Å². The molecular weight excluding hydrogens is 306 g/mol. The third-order valence-corrected chi connectivity index (χ3v) is 6.12. The lowest BCUT2D eigenvalue weighted by molar-refractivity contribution is -0.128. The second kappa shape index (κ2) is 5.53. The van der Waals surface area contributed by atoms with Crippen molar-refractivity contribution in [3.8, 4) is 0 Å². The van der Waals surface area contributed by atoms with Crippen LogP contribution in [0.25, 0.3) is 0 Å². The monoisotopic (exact) mass is 323 g/mol. The molecule has 1 aliphatic carbocycles. The van der Waals surface area contributed by atoms with E-state index >= 15 is 0 Å². The summed E-state index contributed by atoms with van der Waals surface area (Å²) in [7, 11) is 0. The van der Waals surface area contributed by atoms with E-state index in [0.29, 0.717) is 19.4 Å². The molecule has 1 amide bonds. The van der Waals surface area contributed by atoms with Crippen molar-refractivity contribution in [1.29, 1.82) is 0 Å². The Morgan fingerprint density at radius 2 is 1.74 bits per heavy atom. The highest BCUT2D eigenvalue weighted by atomic mass is 32.2. The van der Waals surface area contributed by atoms with E-state index in [1.807, 2.05) is 54.6 Å². The third kappa shape index (κ3) is 2.29. The Hall–Kier alpha value is -2.07. The fourth-order valence-corrected chi connectivity index (χ4v) is 4.89. The van der Waals surface area contributed by atoms with Gasteiger partial charge in [0.25, 0.3) is 5.91 Å². The number of carbonyl (C=O) groups excluding carboxylic acids is 2. The van der Waals surface area contributed by atoms with Crippen molar-refractivity contribution in [3.05, 3.63) is 60.2 Å². The summed E-state index contributed by atoms with van der Waals surface area (Å²) < 4.78 is -0.900. The molecule has 0 radical (unpaired) electrons. The molecule has 0 bridgehead atoms. The first kappa shape index (κ1) is 14.5. The number of nitrogens with zero attached hydrogens (tertiary/aromatic N) is 1. The lowest BCUT2D eigenvalue weighted by Gasteiger charge is -2.39. The van der Waals surface area contributed by atoms with Crippen LogP contribution in [0.15, 0.2) is 59.5 Å². The van der Waals surface area contributed by atoms with Gasteiger partial charge in [0.05, 0.1) is 12.2 Å². The number of Topliss-reactive ketones (excluding diaryl/α,β-unsaturated/α-hetero) is 1. The van der Waals surface area contributed by atoms with E-state index in [2.05, 4.69) is 0 Å². The van der Waals surface area contributed by atoms with E-state index in [4.69, 9.17) is 0 Å². The number of rotatable bonds is 2. The fraction of sp³-hybridized carbons (Fsp3) is 0.263. The van der Waals surface area contributed by atoms with Crippen molar-refractivity contribution >= 4 is 29.1 Å². The fourth-order valence-electron chi connectivity index (χ4n) is 3.42. The second-order valence-electron chi connectivity index (χ2n) is 6.05. The van der Waals surface area contributed by atoms with E-state index < -0.39 is 4.75 Å². The van der Waals surface area contributed by atoms with Gasteiger partial charge in [-0.2, -0.15) is 0 Å². The quantitative estimate of drug-likeness (QED) is 0.789. The van der Waals surface area contributed by atoms with Gasteiger partial charge in [-0.15, -0.1) is 0 Å². The van der Waals surface area contributed by atoms with Crippen LogP contribution in [0.1, 0.15) is 24.8 Å². The van der Waals surface area contributed by atoms with Gasteiger partial charge in [0.1, 0.15) is 0 Å². The molecule has 1 atom stereocenters. The summed E-state index contributed by atoms with van der Waals surface area (Å²) in [5.74, 6) is 0.0348. The molecule has 0 N–H and O–H groups in total. The normalized spacial score (nSPS) is 23.4. The molecule has 1 aliphatic heterocycles. The molecule has 2 aliphatic rings. The Balaban J connectivity index is 1.79. The Bertz CT molecular complexity index is 774. The van der Waals surface area contributed by atoms with Crippen molar-refractivity contribution in [1.82, 2.24) is 0 Å². The lowest BCUT2D eigenvalue weighted by Crippen LogP contribution is -2.52. The summed E-state index contributed by atoms with van der Waals surface area (Å²) in [6.07, 6.45) is 1.97. The van der Waals surface area contributed by atoms with Crippen molar-refractivity contribution < 1.29 is 9.59 Å². The highest BCUT2D eigenvalue weighted by Crippen LogP contribution is 2.51. The van der Waals surface area contributed by atoms with E-state index in [1.165, 1.54) is 11.8 Å². The largest absolute Gasteiger partial charge is 0.305 e. The number of amides is 1. The van der Waals surface area contributed by atoms with Gasteiger partial charge < -0.3 is 4.90 Å². The minimum Gasteiger partial charge on any atom is -0.305 e. The minimum atomic E-state index is -0.900. The maximum absolute atomic E-state index is 13.2. The van der Waals surface area contributed by atoms with Gasteiger partial charge in [0.2, 0.25) is 0 Å². The number of thioether (sulfide) groups is 1. The molecule has 23 heavy (non-hydrogen) atoms. The molecule has 2 aromatic carbocycles. The molecule has 1 spiro atoms. The molecule has 3 nitrogen and oxygen atoms in total. The van der Waals surface area contributed by atoms with Crippen LogP contribution in [0.3, 0.4) is 0 Å². The van der Waals surface area contributed by atoms with E-state index in [-0.39, 0.29) is 11.7 Å². The van der Waals surface area contributed by atoms with E-state index in [9.17, 15) is 9.59 Å². The topological polar surface area (TPSA) is 37.4 Å². The van der Waals surface area contributed by atoms with Crippen LogP contribution in [0.4, 0.5) is 5.69 Å². The molecule has 116 valence electrons. The Morgan fingerprint density at radius 3 is 2.48 bits per heavy atom. The molecule has 1 saturated carbocycles. The van der Waals surface area contributed by atoms with Crippen LogP contribution in [-0.2, 0) is 16.1 Å². The van der Waals surface area contributed by atoms with Crippen LogP contribution < -0.4 is 4.90 Å². The van der Waals surface area contributed by atoms with Gasteiger partial charge in [0.15, 0.2) is 10.5 Å². The highest BCUT2D eigenvalue weighted by molar-refractivity contribution is 8.02. The maximum Gasteiger partial charge on any atom is 0.251 e. The molecule has 4 rings (SSSR count). The van der Waals surface area contributed by atoms with Crippen molar-refractivity contribution in [2.45, 2.75) is 35.4 Å². The van der Waals surface area contributed by atoms with Crippen molar-refractivity contribution in [3.63, 3.8) is 0 Å². The first-order valence-electron chi connectivity index (χ1n) is 7.88. The van der Waals surface area contributed by atoms with Gasteiger partial charge in [-0.1, -0.05) is 54.2 Å². The van der Waals surface area contributed by atoms with Crippen molar-refractivity contribution in [2.24, 2.45) is 0 Å². The Kier molecular flexibility index (Phi) is 3.49. The van der Waals surface area contributed by atoms with Crippen LogP contribution in [-0.4, -0.2) is 16.4 Å². The summed E-state index contributed by atoms with van der Waals surface area (Å²) in [6.45, 7) is 0.506. The molecule has 2 aromatic rings. The first-order chi connectivity index (χ1) is 11.2. The molecule has 0 saturated heterocycles. The zero-order valence-electron chi connectivity index (χ0n) is 12.7. The standard InChI is InChI=1S/C19H17NO2S/c21-17-11-6-12-19(17)18(22)20(13-14-7-2-1-3-8-14)15-9-4-5-10-16(15)23-19/h1-5,7-10H,6,11-13H2. The average molecular weight is 323 g/mol. The third-order valence-electron chi connectivity index (χ3n) is 4.60. The SMILES string of the molecule is O=C1CCCC12Sc1ccccc1N(Cc1ccccc1)C2=O. The molecular formula is C19H17NO2S. The predicted molar refractivity (Wildman–Crippen MR) is 91.5 cm³/mol. The number of ketones is 1. The molecule has 0 aromatic heterocycles. The number of hydrogen-bond acceptors (Lipinski definition) is 3. The summed E-state index contributed by atoms with van der Waals surface area (Å²) >= 11 is 1.46. The van der Waals surface area contributed by atoms with E-state index in [0.717, 1.165) is 22.6 Å². The summed E-state index contributed by atoms with van der Waals surface area (Å²) in [4.78, 5) is 28.5. The lowest BCUT2D eigenvalue weighted by atomic mass is 10.0. The Morgan fingerprint density at radius 1 is 1.00 bits per heavy atom. The maximum atomic E-state index is 13.2. The van der Waals surface area contributed by atoms with Gasteiger partial charge >= 0.3 is 0 Å². The van der Waals surface area contributed by atoms with Crippen molar-refractivity contribution in [2.75, 3.05) is 4.90 Å². The van der Waals surface area contributed by atoms with Gasteiger partial charge in [-0.3, -0.25) is 9.59 Å². The van der Waals surface area contributed by atoms with E-state index in [1.54, 1.807) is 4.90 Å². The molecule has 1 unspecified atom stereocenters. The van der Waals surface area contributed by atoms with Crippen LogP contribution >= 0.6 is 11.8 Å². The first-order valence-corrected chi connectivity index (χ1v) is 8.70. The molecule has 1 fully saturated rings. The molecule has 4 heteroatoms. The summed E-state index contributed by atoms with van der Waals surface area (Å²) in [6, 6.07) is 17.8. The van der Waals surface area contributed by atoms with Gasteiger partial charge in [-0.25, -0.2) is 0 Å². The number of fused-ring (bicyclic) bond motifs is 1. The average Bonchev–Trinajstić information content (AvgIpc) is 2.94. The number of benzene rings is 2. The smallest absolute Gasteiger partial charge is 0.251 e. The minimum absolute atomic E-state index is 0.0486. The zero-order valence-corrected chi connectivity index (χ0v) is 13.5. The Labute approximate surface area is 139 Å². The highest BCUT2D eigenvalue weighted by Gasteiger charge is 2.54. The molecule has 1 heterocycles. The van der Waals surface area contributed by atoms with Crippen LogP contribution in [0, 0.1) is 0 Å². The predicted octanol–water partition coefficient (Wildman–Crippen LogP) is 3.82. The summed E-state index contributed by atoms with van der Waals surface area (Å²) in [5, 5.41) is 0. The number of anilines is 1. The number of carbonyl (C=O) groups is 2. The van der Waals surface area contributed by atoms with Gasteiger partial charge in [-0.05, 0) is 30.5 Å². The number of hydrogen-bond donors (Lipinski definition) is 0.